The zero-order chi connectivity index (χ0) is 64.4. The third-order valence-corrected chi connectivity index (χ3v) is 15.8. The Morgan fingerprint density at radius 2 is 0.244 bits per heavy atom. The lowest BCUT2D eigenvalue weighted by Crippen LogP contribution is -2.37. The summed E-state index contributed by atoms with van der Waals surface area (Å²) in [5.41, 5.74) is -8.55. The van der Waals surface area contributed by atoms with E-state index >= 15 is 0 Å². The third kappa shape index (κ3) is 10.5. The second kappa shape index (κ2) is 23.7. The van der Waals surface area contributed by atoms with Crippen LogP contribution in [0.15, 0.2) is 237 Å². The molecule has 0 spiro atoms. The zero-order valence-electron chi connectivity index (χ0n) is 45.9. The van der Waals surface area contributed by atoms with Crippen LogP contribution >= 0.6 is 0 Å². The summed E-state index contributed by atoms with van der Waals surface area (Å²) in [4.78, 5) is 106. The monoisotopic (exact) mass is 1210 g/mol. The topological polar surface area (TPSA) is 388 Å². The fraction of sp³-hybridized carbons (Fsp3) is 0.0476. The number of hydrogen-bond donors (Lipinski definition) is 0. The van der Waals surface area contributed by atoms with E-state index in [2.05, 4.69) is 0 Å². The van der Waals surface area contributed by atoms with Gasteiger partial charge in [0.05, 0.1) is 60.6 Å². The van der Waals surface area contributed by atoms with E-state index in [4.69, 9.17) is 0 Å². The summed E-state index contributed by atoms with van der Waals surface area (Å²) in [7, 11) is 0. The van der Waals surface area contributed by atoms with Crippen molar-refractivity contribution >= 4 is 51.2 Å². The molecule has 10 aromatic rings. The van der Waals surface area contributed by atoms with E-state index < -0.39 is 112 Å². The second-order valence-electron chi connectivity index (χ2n) is 20.3. The largest absolute Gasteiger partial charge is 0.269 e. The van der Waals surface area contributed by atoms with Gasteiger partial charge in [0, 0.05) is 109 Å². The van der Waals surface area contributed by atoms with Gasteiger partial charge in [-0.15, -0.1) is 0 Å². The summed E-state index contributed by atoms with van der Waals surface area (Å²) in [5, 5.41) is 112. The van der Waals surface area contributed by atoms with Crippen LogP contribution in [0.5, 0.6) is 0 Å². The standard InChI is InChI=1S/C63H39N9O18/c73-64(74)52-19-1-40(2-20-52)61(41-3-21-53(22-4-41)65(75)76,42-5-23-54(24-6-42)66(77)78)49-37-50(62(43-7-25-55(26-8-43)67(79)80,44-9-27-56(28-10-44)68(81)82)45-11-29-57(30-12-45)69(83)84)39-51(38-49)63(46-13-31-58(32-14-46)70(85)86,47-15-33-59(34-16-47)71(87)88)48-17-35-60(36-18-48)72(89)90/h1-39H. The highest BCUT2D eigenvalue weighted by Gasteiger charge is 2.48. The number of non-ortho nitro benzene ring substituents is 9. The lowest BCUT2D eigenvalue weighted by molar-refractivity contribution is -0.385. The van der Waals surface area contributed by atoms with Gasteiger partial charge in [0.25, 0.3) is 51.2 Å². The van der Waals surface area contributed by atoms with Crippen molar-refractivity contribution in [2.24, 2.45) is 0 Å². The molecule has 27 nitrogen and oxygen atoms in total. The Bertz CT molecular complexity index is 3640. The fourth-order valence-electron chi connectivity index (χ4n) is 11.8. The van der Waals surface area contributed by atoms with E-state index in [1.807, 2.05) is 0 Å². The number of hydrogen-bond acceptors (Lipinski definition) is 18. The van der Waals surface area contributed by atoms with Gasteiger partial charge in [0.15, 0.2) is 0 Å². The fourth-order valence-corrected chi connectivity index (χ4v) is 11.8. The lowest BCUT2D eigenvalue weighted by Gasteiger charge is -2.43. The maximum Gasteiger partial charge on any atom is 0.269 e. The van der Waals surface area contributed by atoms with E-state index in [1.54, 1.807) is 18.2 Å². The van der Waals surface area contributed by atoms with Gasteiger partial charge in [-0.3, -0.25) is 91.0 Å². The van der Waals surface area contributed by atoms with Gasteiger partial charge in [-0.2, -0.15) is 0 Å². The molecule has 10 rings (SSSR count). The highest BCUT2D eigenvalue weighted by atomic mass is 16.7. The average molecular weight is 1210 g/mol. The van der Waals surface area contributed by atoms with Gasteiger partial charge < -0.3 is 0 Å². The highest BCUT2D eigenvalue weighted by Crippen LogP contribution is 2.55. The molecule has 0 amide bonds. The Kier molecular flexibility index (Phi) is 15.8. The molecule has 0 aliphatic carbocycles. The number of nitro benzene ring substituents is 9. The molecule has 0 saturated heterocycles. The van der Waals surface area contributed by atoms with Crippen LogP contribution in [0.4, 0.5) is 51.2 Å². The first-order chi connectivity index (χ1) is 43.0. The molecule has 0 aliphatic rings. The summed E-state index contributed by atoms with van der Waals surface area (Å²) in [6, 6.07) is 50.5. The molecule has 27 heteroatoms. The van der Waals surface area contributed by atoms with Gasteiger partial charge in [-0.1, -0.05) is 127 Å². The van der Waals surface area contributed by atoms with Crippen molar-refractivity contribution in [2.75, 3.05) is 0 Å². The van der Waals surface area contributed by atoms with Gasteiger partial charge in [0.2, 0.25) is 0 Å². The molecule has 0 fully saturated rings. The van der Waals surface area contributed by atoms with Crippen molar-refractivity contribution in [3.05, 3.63) is 394 Å². The summed E-state index contributed by atoms with van der Waals surface area (Å²) in [6.45, 7) is 0. The van der Waals surface area contributed by atoms with Crippen LogP contribution in [-0.2, 0) is 16.2 Å². The van der Waals surface area contributed by atoms with Crippen molar-refractivity contribution < 1.29 is 44.3 Å². The van der Waals surface area contributed by atoms with E-state index in [9.17, 15) is 91.0 Å². The molecule has 0 saturated carbocycles. The first kappa shape index (κ1) is 59.9. The molecule has 0 unspecified atom stereocenters. The first-order valence-electron chi connectivity index (χ1n) is 26.4. The van der Waals surface area contributed by atoms with Crippen molar-refractivity contribution in [3.8, 4) is 0 Å². The van der Waals surface area contributed by atoms with Gasteiger partial charge >= 0.3 is 0 Å². The molecular weight excluding hydrogens is 1170 g/mol. The average Bonchev–Trinajstić information content (AvgIpc) is 0.728. The number of rotatable bonds is 21. The maximum atomic E-state index is 12.5. The van der Waals surface area contributed by atoms with Crippen LogP contribution in [0.25, 0.3) is 0 Å². The van der Waals surface area contributed by atoms with Crippen molar-refractivity contribution in [3.63, 3.8) is 0 Å². The van der Waals surface area contributed by atoms with Gasteiger partial charge in [-0.25, -0.2) is 0 Å². The molecule has 90 heavy (non-hydrogen) atoms. The minimum absolute atomic E-state index is 0.0526. The van der Waals surface area contributed by atoms with E-state index in [1.165, 1.54) is 109 Å². The molecule has 444 valence electrons. The molecule has 0 atom stereocenters. The highest BCUT2D eigenvalue weighted by molar-refractivity contribution is 5.71. The normalized spacial score (nSPS) is 11.5. The molecular formula is C63H39N9O18. The smallest absolute Gasteiger partial charge is 0.258 e. The molecule has 0 bridgehead atoms. The Morgan fingerprint density at radius 3 is 0.322 bits per heavy atom. The van der Waals surface area contributed by atoms with Crippen molar-refractivity contribution in [1.82, 2.24) is 0 Å². The first-order valence-corrected chi connectivity index (χ1v) is 26.4. The maximum absolute atomic E-state index is 12.5. The van der Waals surface area contributed by atoms with Crippen LogP contribution < -0.4 is 0 Å². The Morgan fingerprint density at radius 1 is 0.156 bits per heavy atom. The Labute approximate surface area is 504 Å². The summed E-state index contributed by atoms with van der Waals surface area (Å²) >= 11 is 0. The van der Waals surface area contributed by atoms with E-state index in [0.29, 0.717) is 0 Å². The minimum Gasteiger partial charge on any atom is -0.258 e. The van der Waals surface area contributed by atoms with Gasteiger partial charge in [0.1, 0.15) is 0 Å². The Hall–Kier alpha value is -13.2. The molecule has 0 radical (unpaired) electrons. The minimum atomic E-state index is -2.05. The molecule has 10 aromatic carbocycles. The number of nitro groups is 9. The molecule has 0 aromatic heterocycles. The summed E-state index contributed by atoms with van der Waals surface area (Å²) < 4.78 is 0. The third-order valence-electron chi connectivity index (χ3n) is 15.8. The lowest BCUT2D eigenvalue weighted by atomic mass is 9.58. The van der Waals surface area contributed by atoms with Crippen molar-refractivity contribution in [2.45, 2.75) is 16.2 Å². The van der Waals surface area contributed by atoms with Crippen molar-refractivity contribution in [1.29, 1.82) is 0 Å². The van der Waals surface area contributed by atoms with Crippen LogP contribution in [-0.4, -0.2) is 44.3 Å². The predicted octanol–water partition coefficient (Wildman–Crippen LogP) is 14.0. The SMILES string of the molecule is O=[N+]([O-])c1ccc(C(c2ccc([N+](=O)[O-])cc2)(c2ccc([N+](=O)[O-])cc2)c2cc(C(c3ccc([N+](=O)[O-])cc3)(c3ccc([N+](=O)[O-])cc3)c3ccc([N+](=O)[O-])cc3)cc(C(c3ccc([N+](=O)[O-])cc3)(c3ccc([N+](=O)[O-])cc3)c3ccc([N+](=O)[O-])cc3)c2)cc1. The second-order valence-corrected chi connectivity index (χ2v) is 20.3. The van der Waals surface area contributed by atoms with Crippen LogP contribution in [0.2, 0.25) is 0 Å². The Balaban J connectivity index is 1.55. The summed E-state index contributed by atoms with van der Waals surface area (Å²) in [5.74, 6) is 0. The summed E-state index contributed by atoms with van der Waals surface area (Å²) in [6.07, 6.45) is 0. The molecule has 0 aliphatic heterocycles. The number of benzene rings is 10. The van der Waals surface area contributed by atoms with Crippen LogP contribution in [0.1, 0.15) is 66.8 Å². The predicted molar refractivity (Wildman–Crippen MR) is 321 cm³/mol. The molecule has 0 heterocycles. The van der Waals surface area contributed by atoms with Gasteiger partial charge in [-0.05, 0) is 66.8 Å². The quantitative estimate of drug-likeness (QED) is 0.0366. The molecule has 0 N–H and O–H groups in total. The van der Waals surface area contributed by atoms with E-state index in [0.717, 1.165) is 109 Å². The van der Waals surface area contributed by atoms with Crippen LogP contribution in [0.3, 0.4) is 0 Å². The number of nitrogens with zero attached hydrogens (tertiary/aromatic N) is 9. The van der Waals surface area contributed by atoms with E-state index in [-0.39, 0.29) is 66.8 Å². The zero-order valence-corrected chi connectivity index (χ0v) is 45.9. The van der Waals surface area contributed by atoms with Crippen LogP contribution in [0, 0.1) is 91.0 Å².